The van der Waals surface area contributed by atoms with Crippen molar-refractivity contribution < 1.29 is 15.8 Å². The molecule has 0 aliphatic heterocycles. The first-order valence-corrected chi connectivity index (χ1v) is 5.84. The molecule has 1 amide bonds. The number of benzene rings is 1. The quantitative estimate of drug-likeness (QED) is 0.836. The number of rotatable bonds is 1. The molecule has 3 heteroatoms. The molecule has 2 aliphatic rings. The number of hydrogen-bond donors (Lipinski definition) is 1. The van der Waals surface area contributed by atoms with E-state index in [4.69, 9.17) is 28.3 Å². The second kappa shape index (κ2) is 4.13. The Morgan fingerprint density at radius 3 is 3.22 bits per heavy atom. The Morgan fingerprint density at radius 2 is 2.50 bits per heavy atom. The molecule has 0 saturated heterocycles. The van der Waals surface area contributed by atoms with Gasteiger partial charge in [0, 0.05) is 14.6 Å². The van der Waals surface area contributed by atoms with Crippen LogP contribution in [0.3, 0.4) is 0 Å². The van der Waals surface area contributed by atoms with Crippen molar-refractivity contribution in [1.29, 1.82) is 0 Å². The van der Waals surface area contributed by atoms with Crippen molar-refractivity contribution in [2.45, 2.75) is 32.5 Å². The van der Waals surface area contributed by atoms with Crippen LogP contribution < -0.4 is 5.73 Å². The molecule has 3 rings (SSSR count). The lowest BCUT2D eigenvalue weighted by Crippen LogP contribution is -2.27. The van der Waals surface area contributed by atoms with Crippen molar-refractivity contribution in [3.05, 3.63) is 39.4 Å². The number of primary amides is 1. The van der Waals surface area contributed by atoms with Crippen molar-refractivity contribution in [1.82, 2.24) is 0 Å². The molecule has 0 heterocycles. The summed E-state index contributed by atoms with van der Waals surface area (Å²) in [5.41, 5.74) is 5.65. The Hall–Kier alpha value is -1.28. The molecule has 2 aliphatic carbocycles. The van der Waals surface area contributed by atoms with E-state index in [0.29, 0.717) is 11.1 Å². The van der Waals surface area contributed by atoms with Crippen LogP contribution in [-0.4, -0.2) is 5.91 Å². The smallest absolute Gasteiger partial charge is 0.224 e. The van der Waals surface area contributed by atoms with E-state index in [9.17, 15) is 4.79 Å². The van der Waals surface area contributed by atoms with Crippen LogP contribution in [-0.2, 0) is 11.2 Å². The fraction of sp³-hybridized carbons (Fsp3) is 0.400. The summed E-state index contributed by atoms with van der Waals surface area (Å²) in [6.45, 7) is 1.65. The maximum Gasteiger partial charge on any atom is 0.224 e. The van der Waals surface area contributed by atoms with Gasteiger partial charge in [0.2, 0.25) is 5.91 Å². The molecular formula is C15H16ClNO. The summed E-state index contributed by atoms with van der Waals surface area (Å²) in [6.07, 6.45) is -9.54. The van der Waals surface area contributed by atoms with E-state index in [2.05, 4.69) is 0 Å². The summed E-state index contributed by atoms with van der Waals surface area (Å²) >= 11 is 6.11. The lowest BCUT2D eigenvalue weighted by atomic mass is 9.82. The number of aryl methyl sites for hydroxylation is 1. The lowest BCUT2D eigenvalue weighted by Gasteiger charge is -2.22. The van der Waals surface area contributed by atoms with Crippen LogP contribution >= 0.6 is 11.6 Å². The third-order valence-electron chi connectivity index (χ3n) is 3.13. The molecule has 1 atom stereocenters. The third kappa shape index (κ3) is 1.67. The molecule has 2 nitrogen and oxygen atoms in total. The normalized spacial score (nSPS) is 40.8. The van der Waals surface area contributed by atoms with E-state index < -0.39 is 30.9 Å². The van der Waals surface area contributed by atoms with Gasteiger partial charge in [0.15, 0.2) is 0 Å². The summed E-state index contributed by atoms with van der Waals surface area (Å²) in [7, 11) is 0. The second-order valence-electron chi connectivity index (χ2n) is 4.31. The maximum atomic E-state index is 12.1. The highest BCUT2D eigenvalue weighted by atomic mass is 35.5. The van der Waals surface area contributed by atoms with Crippen molar-refractivity contribution in [2.75, 3.05) is 0 Å². The minimum Gasteiger partial charge on any atom is -0.369 e. The van der Waals surface area contributed by atoms with E-state index in [1.54, 1.807) is 13.0 Å². The number of fused-ring (bicyclic) bond motifs is 2. The Labute approximate surface area is 123 Å². The maximum absolute atomic E-state index is 12.1. The number of carbonyl (C=O) groups is 1. The predicted molar refractivity (Wildman–Crippen MR) is 73.3 cm³/mol. The van der Waals surface area contributed by atoms with Crippen LogP contribution in [0.15, 0.2) is 17.7 Å². The zero-order valence-electron chi connectivity index (χ0n) is 17.6. The van der Waals surface area contributed by atoms with Gasteiger partial charge >= 0.3 is 0 Å². The minimum atomic E-state index is -3.25. The highest BCUT2D eigenvalue weighted by molar-refractivity contribution is 6.31. The van der Waals surface area contributed by atoms with Crippen LogP contribution in [0.5, 0.6) is 0 Å². The van der Waals surface area contributed by atoms with Gasteiger partial charge in [0.1, 0.15) is 0 Å². The van der Waals surface area contributed by atoms with Crippen molar-refractivity contribution in [3.63, 3.8) is 0 Å². The van der Waals surface area contributed by atoms with E-state index in [1.165, 1.54) is 0 Å². The molecule has 0 aromatic heterocycles. The molecule has 1 unspecified atom stereocenters. The minimum absolute atomic E-state index is 0.0119. The van der Waals surface area contributed by atoms with Crippen molar-refractivity contribution in [3.8, 4) is 0 Å². The van der Waals surface area contributed by atoms with Crippen LogP contribution in [0.4, 0.5) is 0 Å². The zero-order chi connectivity index (χ0) is 20.0. The van der Waals surface area contributed by atoms with Gasteiger partial charge in [0.05, 0.1) is 7.26 Å². The molecule has 0 radical (unpaired) electrons. The zero-order valence-corrected chi connectivity index (χ0v) is 10.4. The number of hydrogen-bond acceptors (Lipinski definition) is 1. The van der Waals surface area contributed by atoms with E-state index in [1.807, 2.05) is 0 Å². The Kier molecular flexibility index (Phi) is 1.33. The van der Waals surface area contributed by atoms with Gasteiger partial charge in [-0.05, 0) is 66.3 Å². The van der Waals surface area contributed by atoms with Crippen molar-refractivity contribution >= 4 is 23.1 Å². The lowest BCUT2D eigenvalue weighted by molar-refractivity contribution is -0.121. The summed E-state index contributed by atoms with van der Waals surface area (Å²) < 4.78 is 65.8. The molecule has 0 saturated carbocycles. The highest BCUT2D eigenvalue weighted by Crippen LogP contribution is 2.45. The average molecular weight is 270 g/mol. The van der Waals surface area contributed by atoms with Crippen LogP contribution in [0.25, 0.3) is 5.57 Å². The third-order valence-corrected chi connectivity index (χ3v) is 3.53. The molecule has 0 bridgehead atoms. The van der Waals surface area contributed by atoms with Crippen molar-refractivity contribution in [2.24, 2.45) is 11.6 Å². The fourth-order valence-electron chi connectivity index (χ4n) is 2.27. The Bertz CT molecular complexity index is 894. The monoisotopic (exact) mass is 269 g/mol. The van der Waals surface area contributed by atoms with Crippen LogP contribution in [0, 0.1) is 12.8 Å². The molecule has 18 heavy (non-hydrogen) atoms. The topological polar surface area (TPSA) is 43.1 Å². The van der Waals surface area contributed by atoms with Gasteiger partial charge in [-0.3, -0.25) is 4.79 Å². The number of carbonyl (C=O) groups excluding carboxylic acids is 1. The van der Waals surface area contributed by atoms with Crippen LogP contribution in [0.1, 0.15) is 46.8 Å². The van der Waals surface area contributed by atoms with Gasteiger partial charge in [-0.1, -0.05) is 17.7 Å². The molecular weight excluding hydrogens is 246 g/mol. The number of nitrogens with two attached hydrogens (primary N) is 1. The summed E-state index contributed by atoms with van der Waals surface area (Å²) in [4.78, 5) is 12.1. The Balaban J connectivity index is 2.49. The van der Waals surface area contributed by atoms with Crippen LogP contribution in [0.2, 0.25) is 5.02 Å². The van der Waals surface area contributed by atoms with Gasteiger partial charge < -0.3 is 5.73 Å². The largest absolute Gasteiger partial charge is 0.369 e. The molecule has 0 fully saturated rings. The van der Waals surface area contributed by atoms with Gasteiger partial charge in [-0.25, -0.2) is 0 Å². The number of halogens is 1. The molecule has 0 spiro atoms. The molecule has 2 N–H and O–H groups in total. The first-order valence-electron chi connectivity index (χ1n) is 9.47. The van der Waals surface area contributed by atoms with Gasteiger partial charge in [-0.2, -0.15) is 0 Å². The van der Waals surface area contributed by atoms with Gasteiger partial charge in [0.25, 0.3) is 0 Å². The highest BCUT2D eigenvalue weighted by Gasteiger charge is 2.33. The molecule has 1 aromatic carbocycles. The Morgan fingerprint density at radius 1 is 1.72 bits per heavy atom. The van der Waals surface area contributed by atoms with E-state index >= 15 is 0 Å². The first-order chi connectivity index (χ1) is 11.6. The fourth-order valence-corrected chi connectivity index (χ4v) is 2.42. The first kappa shape index (κ1) is 5.79. The number of allylic oxidation sites excluding steroid dienone is 1. The SMILES string of the molecule is [2H]c1c(Cl)c(C)cc2c1C1=C(C2)C([2H])(C(N)=O)C([2H])([2H])C([2H])([2H])C1([2H])[2H]. The molecule has 1 aromatic rings. The van der Waals surface area contributed by atoms with E-state index in [0.717, 1.165) is 0 Å². The number of amides is 1. The second-order valence-corrected chi connectivity index (χ2v) is 4.69. The predicted octanol–water partition coefficient (Wildman–Crippen LogP) is 3.24. The molecule has 94 valence electrons. The van der Waals surface area contributed by atoms with E-state index in [-0.39, 0.29) is 34.2 Å². The summed E-state index contributed by atoms with van der Waals surface area (Å²) in [5, 5.41) is 0.0529. The van der Waals surface area contributed by atoms with Gasteiger partial charge in [-0.15, -0.1) is 0 Å². The standard InChI is InChI=1S/C15H16ClNO/c1-8-5-9-6-13-10(12(9)7-14(8)16)3-2-4-11(13)15(17)18/h5,7,11H,2-4,6H2,1H3,(H2,17,18)/i2D2,3D2,4D2,7D,11D. The summed E-state index contributed by atoms with van der Waals surface area (Å²) in [6, 6.07) is 1.34. The summed E-state index contributed by atoms with van der Waals surface area (Å²) in [5.74, 6) is -4.22. The average Bonchev–Trinajstić information content (AvgIpc) is 2.90.